The Bertz CT molecular complexity index is 181. The third-order valence-electron chi connectivity index (χ3n) is 5.04. The Morgan fingerprint density at radius 2 is 1.50 bits per heavy atom. The van der Waals surface area contributed by atoms with Crippen molar-refractivity contribution in [3.63, 3.8) is 0 Å². The summed E-state index contributed by atoms with van der Waals surface area (Å²) in [4.78, 5) is 0. The maximum atomic E-state index is 3.75. The molecule has 1 aliphatic heterocycles. The summed E-state index contributed by atoms with van der Waals surface area (Å²) in [5, 5.41) is 3.75. The molecule has 0 aromatic rings. The summed E-state index contributed by atoms with van der Waals surface area (Å²) < 4.78 is 0. The first kappa shape index (κ1) is 8.55. The smallest absolute Gasteiger partial charge is 0.0295 e. The highest BCUT2D eigenvalue weighted by Gasteiger charge is 2.76. The Labute approximate surface area is 75.9 Å². The SMILES string of the molecule is CC1(C)C(C)(C)C12CCCCN2. The molecule has 0 aromatic heterocycles. The molecule has 1 N–H and O–H groups in total. The lowest BCUT2D eigenvalue weighted by Gasteiger charge is -2.28. The van der Waals surface area contributed by atoms with Crippen LogP contribution in [0.2, 0.25) is 0 Å². The molecular formula is C11H21N. The average molecular weight is 167 g/mol. The van der Waals surface area contributed by atoms with Crippen molar-refractivity contribution >= 4 is 0 Å². The highest BCUT2D eigenvalue weighted by Crippen LogP contribution is 2.73. The van der Waals surface area contributed by atoms with Crippen molar-refractivity contribution in [2.75, 3.05) is 6.54 Å². The van der Waals surface area contributed by atoms with Crippen molar-refractivity contribution in [1.29, 1.82) is 0 Å². The Balaban J connectivity index is 2.24. The van der Waals surface area contributed by atoms with E-state index in [4.69, 9.17) is 0 Å². The molecule has 2 rings (SSSR count). The predicted molar refractivity (Wildman–Crippen MR) is 52.1 cm³/mol. The second kappa shape index (κ2) is 2.06. The maximum Gasteiger partial charge on any atom is 0.0295 e. The Morgan fingerprint density at radius 3 is 1.75 bits per heavy atom. The van der Waals surface area contributed by atoms with Gasteiger partial charge < -0.3 is 5.32 Å². The monoisotopic (exact) mass is 167 g/mol. The zero-order valence-electron chi connectivity index (χ0n) is 8.83. The van der Waals surface area contributed by atoms with Crippen LogP contribution >= 0.6 is 0 Å². The van der Waals surface area contributed by atoms with Gasteiger partial charge in [0, 0.05) is 5.54 Å². The van der Waals surface area contributed by atoms with Crippen LogP contribution in [0.25, 0.3) is 0 Å². The Kier molecular flexibility index (Phi) is 1.47. The number of nitrogens with one attached hydrogen (secondary N) is 1. The second-order valence-corrected chi connectivity index (χ2v) is 5.54. The van der Waals surface area contributed by atoms with Gasteiger partial charge in [0.15, 0.2) is 0 Å². The predicted octanol–water partition coefficient (Wildman–Crippen LogP) is 2.56. The minimum absolute atomic E-state index is 0.470. The van der Waals surface area contributed by atoms with Gasteiger partial charge >= 0.3 is 0 Å². The first-order valence-electron chi connectivity index (χ1n) is 5.21. The lowest BCUT2D eigenvalue weighted by molar-refractivity contribution is 0.306. The van der Waals surface area contributed by atoms with Crippen LogP contribution in [-0.4, -0.2) is 12.1 Å². The van der Waals surface area contributed by atoms with E-state index >= 15 is 0 Å². The van der Waals surface area contributed by atoms with Crippen molar-refractivity contribution in [1.82, 2.24) is 5.32 Å². The molecule has 1 heteroatoms. The summed E-state index contributed by atoms with van der Waals surface area (Å²) in [6, 6.07) is 0. The van der Waals surface area contributed by atoms with Gasteiger partial charge in [0.2, 0.25) is 0 Å². The second-order valence-electron chi connectivity index (χ2n) is 5.54. The molecule has 70 valence electrons. The van der Waals surface area contributed by atoms with Crippen LogP contribution in [0.1, 0.15) is 47.0 Å². The van der Waals surface area contributed by atoms with Crippen molar-refractivity contribution in [2.24, 2.45) is 10.8 Å². The molecule has 0 amide bonds. The zero-order chi connectivity index (χ0) is 9.04. The first-order valence-corrected chi connectivity index (χ1v) is 5.21. The Morgan fingerprint density at radius 1 is 0.917 bits per heavy atom. The summed E-state index contributed by atoms with van der Waals surface area (Å²) in [6.07, 6.45) is 4.17. The summed E-state index contributed by atoms with van der Waals surface area (Å²) >= 11 is 0. The van der Waals surface area contributed by atoms with Crippen molar-refractivity contribution in [2.45, 2.75) is 52.5 Å². The third-order valence-corrected chi connectivity index (χ3v) is 5.04. The molecule has 1 saturated carbocycles. The van der Waals surface area contributed by atoms with Gasteiger partial charge in [0.1, 0.15) is 0 Å². The molecule has 1 aliphatic carbocycles. The maximum absolute atomic E-state index is 3.75. The van der Waals surface area contributed by atoms with Crippen LogP contribution in [0.15, 0.2) is 0 Å². The van der Waals surface area contributed by atoms with Crippen molar-refractivity contribution in [3.8, 4) is 0 Å². The first-order chi connectivity index (χ1) is 5.46. The van der Waals surface area contributed by atoms with Gasteiger partial charge in [-0.3, -0.25) is 0 Å². The molecule has 1 nitrogen and oxygen atoms in total. The van der Waals surface area contributed by atoms with E-state index in [9.17, 15) is 0 Å². The fraction of sp³-hybridized carbons (Fsp3) is 1.00. The molecule has 0 aromatic carbocycles. The lowest BCUT2D eigenvalue weighted by Crippen LogP contribution is -2.42. The molecule has 1 spiro atoms. The number of hydrogen-bond donors (Lipinski definition) is 1. The van der Waals surface area contributed by atoms with Crippen molar-refractivity contribution < 1.29 is 0 Å². The largest absolute Gasteiger partial charge is 0.310 e. The number of rotatable bonds is 0. The summed E-state index contributed by atoms with van der Waals surface area (Å²) in [6.45, 7) is 10.9. The molecule has 1 heterocycles. The molecular weight excluding hydrogens is 146 g/mol. The minimum Gasteiger partial charge on any atom is -0.310 e. The molecule has 0 bridgehead atoms. The summed E-state index contributed by atoms with van der Waals surface area (Å²) in [5.41, 5.74) is 1.47. The van der Waals surface area contributed by atoms with Crippen LogP contribution in [0.4, 0.5) is 0 Å². The Hall–Kier alpha value is -0.0400. The highest BCUT2D eigenvalue weighted by atomic mass is 15.1. The number of piperidine rings is 1. The molecule has 2 aliphatic rings. The van der Waals surface area contributed by atoms with Crippen LogP contribution in [-0.2, 0) is 0 Å². The molecule has 0 unspecified atom stereocenters. The van der Waals surface area contributed by atoms with Crippen LogP contribution in [0.3, 0.4) is 0 Å². The topological polar surface area (TPSA) is 12.0 Å². The fourth-order valence-corrected chi connectivity index (χ4v) is 3.40. The van der Waals surface area contributed by atoms with E-state index in [-0.39, 0.29) is 0 Å². The molecule has 12 heavy (non-hydrogen) atoms. The van der Waals surface area contributed by atoms with Gasteiger partial charge in [-0.15, -0.1) is 0 Å². The molecule has 0 radical (unpaired) electrons. The molecule has 2 fully saturated rings. The van der Waals surface area contributed by atoms with E-state index in [0.717, 1.165) is 0 Å². The zero-order valence-corrected chi connectivity index (χ0v) is 8.83. The van der Waals surface area contributed by atoms with Gasteiger partial charge in [-0.1, -0.05) is 34.1 Å². The van der Waals surface area contributed by atoms with E-state index in [0.29, 0.717) is 16.4 Å². The lowest BCUT2D eigenvalue weighted by atomic mass is 9.94. The summed E-state index contributed by atoms with van der Waals surface area (Å²) in [5.74, 6) is 0. The van der Waals surface area contributed by atoms with E-state index < -0.39 is 0 Å². The average Bonchev–Trinajstić information content (AvgIpc) is 2.33. The van der Waals surface area contributed by atoms with E-state index in [1.54, 1.807) is 0 Å². The van der Waals surface area contributed by atoms with Crippen LogP contribution in [0.5, 0.6) is 0 Å². The van der Waals surface area contributed by atoms with E-state index in [1.165, 1.54) is 25.8 Å². The van der Waals surface area contributed by atoms with Gasteiger partial charge in [-0.2, -0.15) is 0 Å². The fourth-order valence-electron chi connectivity index (χ4n) is 3.40. The van der Waals surface area contributed by atoms with Gasteiger partial charge in [-0.05, 0) is 30.2 Å². The highest BCUT2D eigenvalue weighted by molar-refractivity contribution is 5.30. The molecule has 1 saturated heterocycles. The number of hydrogen-bond acceptors (Lipinski definition) is 1. The van der Waals surface area contributed by atoms with E-state index in [1.807, 2.05) is 0 Å². The van der Waals surface area contributed by atoms with E-state index in [2.05, 4.69) is 33.0 Å². The van der Waals surface area contributed by atoms with Crippen LogP contribution < -0.4 is 5.32 Å². The van der Waals surface area contributed by atoms with Gasteiger partial charge in [-0.25, -0.2) is 0 Å². The minimum atomic E-state index is 0.470. The molecule has 0 atom stereocenters. The van der Waals surface area contributed by atoms with Gasteiger partial charge in [0.25, 0.3) is 0 Å². The van der Waals surface area contributed by atoms with Crippen molar-refractivity contribution in [3.05, 3.63) is 0 Å². The van der Waals surface area contributed by atoms with Gasteiger partial charge in [0.05, 0.1) is 0 Å². The third kappa shape index (κ3) is 0.654. The quantitative estimate of drug-likeness (QED) is 0.584. The standard InChI is InChI=1S/C11H21N/c1-9(2)10(3,4)11(9)7-5-6-8-12-11/h12H,5-8H2,1-4H3. The van der Waals surface area contributed by atoms with Crippen LogP contribution in [0, 0.1) is 10.8 Å². The summed E-state index contributed by atoms with van der Waals surface area (Å²) in [7, 11) is 0. The normalized spacial score (nSPS) is 35.0.